The van der Waals surface area contributed by atoms with E-state index in [0.717, 1.165) is 77.9 Å². The van der Waals surface area contributed by atoms with Gasteiger partial charge in [-0.25, -0.2) is 9.97 Å². The van der Waals surface area contributed by atoms with Gasteiger partial charge in [0, 0.05) is 50.0 Å². The van der Waals surface area contributed by atoms with E-state index in [0.29, 0.717) is 5.82 Å². The van der Waals surface area contributed by atoms with Crippen molar-refractivity contribution in [2.75, 3.05) is 4.90 Å². The summed E-state index contributed by atoms with van der Waals surface area (Å²) < 4.78 is 6.83. The van der Waals surface area contributed by atoms with Crippen LogP contribution in [0.1, 0.15) is 0 Å². The van der Waals surface area contributed by atoms with E-state index in [1.807, 2.05) is 36.4 Å². The number of furan rings is 1. The first-order valence-electron chi connectivity index (χ1n) is 17.5. The van der Waals surface area contributed by atoms with Crippen LogP contribution in [0.5, 0.6) is 0 Å². The molecule has 2 aromatic heterocycles. The maximum atomic E-state index is 6.83. The lowest BCUT2D eigenvalue weighted by Gasteiger charge is -2.28. The minimum absolute atomic E-state index is 0.683. The first-order chi connectivity index (χ1) is 25.8. The second kappa shape index (κ2) is 12.4. The van der Waals surface area contributed by atoms with Crippen LogP contribution in [0.2, 0.25) is 0 Å². The van der Waals surface area contributed by atoms with Crippen LogP contribution in [0.4, 0.5) is 17.1 Å². The summed E-state index contributed by atoms with van der Waals surface area (Å²) in [6.07, 6.45) is 0. The Balaban J connectivity index is 1.26. The van der Waals surface area contributed by atoms with Crippen LogP contribution >= 0.6 is 0 Å². The fraction of sp³-hybridized carbons (Fsp3) is 0. The molecule has 0 saturated carbocycles. The van der Waals surface area contributed by atoms with Crippen LogP contribution in [0.15, 0.2) is 192 Å². The van der Waals surface area contributed by atoms with Crippen LogP contribution in [0.3, 0.4) is 0 Å². The van der Waals surface area contributed by atoms with Crippen molar-refractivity contribution in [3.63, 3.8) is 0 Å². The standard InChI is InChI=1S/C48H31N3O/c1-4-17-33(18-5-1)40-30-41(50-48(49-40)34-19-6-2-7-20-34)39-27-15-29-44-47(39)46-38-26-13-12-25-37(38)43(31-45(46)52-44)51(35-22-8-3-9-23-35)42-28-14-21-32-16-10-11-24-36(32)42/h1-31H. The molecule has 8 aromatic carbocycles. The minimum atomic E-state index is 0.683. The molecule has 0 spiro atoms. The van der Waals surface area contributed by atoms with Gasteiger partial charge in [0.2, 0.25) is 0 Å². The molecule has 4 heteroatoms. The Morgan fingerprint density at radius 2 is 1.02 bits per heavy atom. The summed E-state index contributed by atoms with van der Waals surface area (Å²) in [4.78, 5) is 12.6. The normalized spacial score (nSPS) is 11.5. The van der Waals surface area contributed by atoms with Gasteiger partial charge in [-0.1, -0.05) is 152 Å². The Labute approximate surface area is 300 Å². The van der Waals surface area contributed by atoms with Crippen LogP contribution in [-0.2, 0) is 0 Å². The first-order valence-corrected chi connectivity index (χ1v) is 17.5. The van der Waals surface area contributed by atoms with E-state index in [9.17, 15) is 0 Å². The predicted molar refractivity (Wildman–Crippen MR) is 215 cm³/mol. The van der Waals surface area contributed by atoms with Gasteiger partial charge in [-0.2, -0.15) is 0 Å². The minimum Gasteiger partial charge on any atom is -0.456 e. The zero-order chi connectivity index (χ0) is 34.4. The number of rotatable bonds is 6. The van der Waals surface area contributed by atoms with E-state index in [1.165, 1.54) is 10.8 Å². The highest BCUT2D eigenvalue weighted by Gasteiger charge is 2.23. The highest BCUT2D eigenvalue weighted by molar-refractivity contribution is 6.25. The van der Waals surface area contributed by atoms with E-state index in [4.69, 9.17) is 14.4 Å². The van der Waals surface area contributed by atoms with Crippen molar-refractivity contribution in [3.8, 4) is 33.9 Å². The highest BCUT2D eigenvalue weighted by atomic mass is 16.3. The fourth-order valence-electron chi connectivity index (χ4n) is 7.51. The summed E-state index contributed by atoms with van der Waals surface area (Å²) in [6.45, 7) is 0. The highest BCUT2D eigenvalue weighted by Crippen LogP contribution is 2.47. The van der Waals surface area contributed by atoms with Gasteiger partial charge >= 0.3 is 0 Å². The third-order valence-electron chi connectivity index (χ3n) is 9.85. The van der Waals surface area contributed by atoms with E-state index < -0.39 is 0 Å². The lowest BCUT2D eigenvalue weighted by molar-refractivity contribution is 0.669. The summed E-state index contributed by atoms with van der Waals surface area (Å²) in [5.41, 5.74) is 9.57. The Morgan fingerprint density at radius 1 is 0.404 bits per heavy atom. The van der Waals surface area contributed by atoms with Crippen LogP contribution in [-0.4, -0.2) is 9.97 Å². The molecule has 2 heterocycles. The van der Waals surface area contributed by atoms with Gasteiger partial charge in [0.25, 0.3) is 0 Å². The van der Waals surface area contributed by atoms with Crippen molar-refractivity contribution in [2.45, 2.75) is 0 Å². The van der Waals surface area contributed by atoms with Crippen molar-refractivity contribution in [1.82, 2.24) is 9.97 Å². The average molecular weight is 666 g/mol. The maximum Gasteiger partial charge on any atom is 0.160 e. The number of aromatic nitrogens is 2. The molecule has 0 aliphatic carbocycles. The van der Waals surface area contributed by atoms with Gasteiger partial charge in [0.05, 0.1) is 22.8 Å². The Bertz CT molecular complexity index is 2840. The number of hydrogen-bond donors (Lipinski definition) is 0. The van der Waals surface area contributed by atoms with Crippen molar-refractivity contribution < 1.29 is 4.42 Å². The second-order valence-corrected chi connectivity index (χ2v) is 13.0. The smallest absolute Gasteiger partial charge is 0.160 e. The van der Waals surface area contributed by atoms with E-state index in [-0.39, 0.29) is 0 Å². The molecule has 0 bridgehead atoms. The van der Waals surface area contributed by atoms with Gasteiger partial charge < -0.3 is 9.32 Å². The molecular formula is C48H31N3O. The number of para-hydroxylation sites is 1. The van der Waals surface area contributed by atoms with E-state index in [1.54, 1.807) is 0 Å². The molecule has 0 unspecified atom stereocenters. The zero-order valence-corrected chi connectivity index (χ0v) is 28.1. The summed E-state index contributed by atoms with van der Waals surface area (Å²) in [5.74, 6) is 0.683. The molecule has 244 valence electrons. The van der Waals surface area contributed by atoms with Gasteiger partial charge in [-0.05, 0) is 41.1 Å². The van der Waals surface area contributed by atoms with Crippen LogP contribution in [0.25, 0.3) is 77.4 Å². The van der Waals surface area contributed by atoms with Crippen molar-refractivity contribution >= 4 is 60.5 Å². The number of nitrogens with zero attached hydrogens (tertiary/aromatic N) is 3. The number of anilines is 3. The number of fused-ring (bicyclic) bond motifs is 6. The quantitative estimate of drug-likeness (QED) is 0.177. The van der Waals surface area contributed by atoms with Gasteiger partial charge in [-0.15, -0.1) is 0 Å². The molecule has 0 radical (unpaired) electrons. The third kappa shape index (κ3) is 5.00. The predicted octanol–water partition coefficient (Wildman–Crippen LogP) is 13.2. The van der Waals surface area contributed by atoms with Gasteiger partial charge in [-0.3, -0.25) is 0 Å². The topological polar surface area (TPSA) is 42.2 Å². The monoisotopic (exact) mass is 665 g/mol. The average Bonchev–Trinajstić information content (AvgIpc) is 3.61. The molecule has 4 nitrogen and oxygen atoms in total. The van der Waals surface area contributed by atoms with Crippen molar-refractivity contribution in [2.24, 2.45) is 0 Å². The largest absolute Gasteiger partial charge is 0.456 e. The molecule has 52 heavy (non-hydrogen) atoms. The molecule has 10 rings (SSSR count). The first kappa shape index (κ1) is 29.8. The summed E-state index contributed by atoms with van der Waals surface area (Å²) in [5, 5.41) is 6.71. The summed E-state index contributed by atoms with van der Waals surface area (Å²) in [6, 6.07) is 65.4. The molecular weight excluding hydrogens is 635 g/mol. The molecule has 10 aromatic rings. The number of hydrogen-bond acceptors (Lipinski definition) is 4. The molecule has 0 fully saturated rings. The SMILES string of the molecule is c1ccc(-c2cc(-c3cccc4oc5cc(N(c6ccccc6)c6cccc7ccccc67)c6ccccc6c5c34)nc(-c3ccccc3)n2)cc1. The number of benzene rings is 8. The molecule has 0 N–H and O–H groups in total. The summed E-state index contributed by atoms with van der Waals surface area (Å²) >= 11 is 0. The van der Waals surface area contributed by atoms with Gasteiger partial charge in [0.15, 0.2) is 5.82 Å². The summed E-state index contributed by atoms with van der Waals surface area (Å²) in [7, 11) is 0. The van der Waals surface area contributed by atoms with Crippen LogP contribution < -0.4 is 4.90 Å². The van der Waals surface area contributed by atoms with E-state index in [2.05, 4.69) is 157 Å². The van der Waals surface area contributed by atoms with Crippen LogP contribution in [0, 0.1) is 0 Å². The Hall–Kier alpha value is -7.04. The molecule has 0 saturated heterocycles. The fourth-order valence-corrected chi connectivity index (χ4v) is 7.51. The Kier molecular flexibility index (Phi) is 7.10. The molecule has 0 atom stereocenters. The maximum absolute atomic E-state index is 6.83. The van der Waals surface area contributed by atoms with Crippen molar-refractivity contribution in [3.05, 3.63) is 188 Å². The lowest BCUT2D eigenvalue weighted by atomic mass is 9.96. The molecule has 0 aliphatic rings. The molecule has 0 aliphatic heterocycles. The second-order valence-electron chi connectivity index (χ2n) is 13.0. The van der Waals surface area contributed by atoms with E-state index >= 15 is 0 Å². The molecule has 0 amide bonds. The Morgan fingerprint density at radius 3 is 1.81 bits per heavy atom. The zero-order valence-electron chi connectivity index (χ0n) is 28.1. The third-order valence-corrected chi connectivity index (χ3v) is 9.85. The van der Waals surface area contributed by atoms with Crippen molar-refractivity contribution in [1.29, 1.82) is 0 Å². The van der Waals surface area contributed by atoms with Gasteiger partial charge in [0.1, 0.15) is 11.2 Å². The lowest BCUT2D eigenvalue weighted by Crippen LogP contribution is -2.11.